The van der Waals surface area contributed by atoms with E-state index in [9.17, 15) is 0 Å². The van der Waals surface area contributed by atoms with Crippen LogP contribution in [0.3, 0.4) is 0 Å². The maximum atomic E-state index is 6.22. The smallest absolute Gasteiger partial charge is 0.189 e. The number of halogens is 1. The fraction of sp³-hybridized carbons (Fsp3) is 0.600. The number of ether oxygens (including phenoxy) is 2. The van der Waals surface area contributed by atoms with E-state index in [0.717, 1.165) is 24.6 Å². The van der Waals surface area contributed by atoms with Gasteiger partial charge in [0.1, 0.15) is 5.75 Å². The summed E-state index contributed by atoms with van der Waals surface area (Å²) < 4.78 is 11.0. The number of hydrogen-bond acceptors (Lipinski definition) is 3. The van der Waals surface area contributed by atoms with Crippen LogP contribution in [0.4, 0.5) is 0 Å². The highest BCUT2D eigenvalue weighted by Gasteiger charge is 2.21. The first kappa shape index (κ1) is 14.6. The molecule has 0 radical (unpaired) electrons. The molecule has 3 nitrogen and oxygen atoms in total. The van der Waals surface area contributed by atoms with Gasteiger partial charge in [-0.3, -0.25) is 0 Å². The van der Waals surface area contributed by atoms with Gasteiger partial charge in [0.2, 0.25) is 0 Å². The van der Waals surface area contributed by atoms with Gasteiger partial charge >= 0.3 is 0 Å². The molecule has 106 valence electrons. The van der Waals surface area contributed by atoms with E-state index in [1.807, 2.05) is 18.2 Å². The third-order valence-corrected chi connectivity index (χ3v) is 3.61. The summed E-state index contributed by atoms with van der Waals surface area (Å²) in [5.41, 5.74) is 1.16. The maximum Gasteiger partial charge on any atom is 0.189 e. The Morgan fingerprint density at radius 1 is 1.42 bits per heavy atom. The van der Waals surface area contributed by atoms with Crippen molar-refractivity contribution in [3.05, 3.63) is 28.8 Å². The highest BCUT2D eigenvalue weighted by atomic mass is 35.5. The van der Waals surface area contributed by atoms with Crippen molar-refractivity contribution in [3.63, 3.8) is 0 Å². The van der Waals surface area contributed by atoms with Crippen LogP contribution in [0.25, 0.3) is 0 Å². The van der Waals surface area contributed by atoms with E-state index in [-0.39, 0.29) is 6.79 Å². The number of nitrogens with one attached hydrogen (secondary N) is 1. The molecule has 0 spiro atoms. The van der Waals surface area contributed by atoms with Crippen LogP contribution in [-0.4, -0.2) is 19.9 Å². The molecule has 1 atom stereocenters. The van der Waals surface area contributed by atoms with Crippen LogP contribution in [0.1, 0.15) is 38.3 Å². The summed E-state index contributed by atoms with van der Waals surface area (Å²) in [6.07, 6.45) is 2.58. The van der Waals surface area contributed by atoms with Gasteiger partial charge in [-0.1, -0.05) is 24.6 Å². The highest BCUT2D eigenvalue weighted by Crippen LogP contribution is 2.30. The van der Waals surface area contributed by atoms with E-state index >= 15 is 0 Å². The van der Waals surface area contributed by atoms with Crippen molar-refractivity contribution in [1.82, 2.24) is 5.32 Å². The molecule has 0 heterocycles. The average molecular weight is 284 g/mol. The fourth-order valence-corrected chi connectivity index (χ4v) is 2.18. The Hall–Kier alpha value is -0.770. The van der Waals surface area contributed by atoms with Gasteiger partial charge in [0, 0.05) is 6.04 Å². The van der Waals surface area contributed by atoms with Gasteiger partial charge in [-0.25, -0.2) is 0 Å². The predicted molar refractivity (Wildman–Crippen MR) is 77.7 cm³/mol. The van der Waals surface area contributed by atoms with Gasteiger partial charge < -0.3 is 14.8 Å². The van der Waals surface area contributed by atoms with Gasteiger partial charge in [-0.2, -0.15) is 0 Å². The Kier molecular flexibility index (Phi) is 5.49. The Balaban J connectivity index is 1.83. The van der Waals surface area contributed by atoms with Crippen LogP contribution in [0.5, 0.6) is 5.75 Å². The van der Waals surface area contributed by atoms with E-state index in [2.05, 4.69) is 19.2 Å². The summed E-state index contributed by atoms with van der Waals surface area (Å²) in [6.45, 7) is 6.22. The lowest BCUT2D eigenvalue weighted by Gasteiger charge is -2.15. The molecular weight excluding hydrogens is 262 g/mol. The van der Waals surface area contributed by atoms with E-state index < -0.39 is 0 Å². The first-order valence-corrected chi connectivity index (χ1v) is 7.32. The molecule has 1 aliphatic carbocycles. The first-order chi connectivity index (χ1) is 9.20. The molecular formula is C15H22ClNO2. The molecule has 1 fully saturated rings. The lowest BCUT2D eigenvalue weighted by atomic mass is 10.1. The molecule has 2 rings (SSSR count). The van der Waals surface area contributed by atoms with Crippen LogP contribution < -0.4 is 10.1 Å². The van der Waals surface area contributed by atoms with E-state index in [1.165, 1.54) is 12.8 Å². The Morgan fingerprint density at radius 3 is 2.84 bits per heavy atom. The second-order valence-corrected chi connectivity index (χ2v) is 5.45. The number of hydrogen-bond donors (Lipinski definition) is 1. The highest BCUT2D eigenvalue weighted by molar-refractivity contribution is 6.32. The lowest BCUT2D eigenvalue weighted by Crippen LogP contribution is -2.17. The van der Waals surface area contributed by atoms with Crippen molar-refractivity contribution >= 4 is 11.6 Å². The zero-order valence-electron chi connectivity index (χ0n) is 11.6. The van der Waals surface area contributed by atoms with Gasteiger partial charge in [0.15, 0.2) is 6.79 Å². The molecule has 0 amide bonds. The van der Waals surface area contributed by atoms with Crippen LogP contribution in [0.15, 0.2) is 18.2 Å². The molecule has 0 aromatic heterocycles. The standard InChI is InChI=1S/C15H22ClNO2/c1-3-17-11(2)13-6-7-15(14(16)8-13)19-10-18-9-12-4-5-12/h6-8,11-12,17H,3-5,9-10H2,1-2H3. The second kappa shape index (κ2) is 7.13. The monoisotopic (exact) mass is 283 g/mol. The Bertz CT molecular complexity index is 407. The average Bonchev–Trinajstić information content (AvgIpc) is 3.20. The molecule has 19 heavy (non-hydrogen) atoms. The summed E-state index contributed by atoms with van der Waals surface area (Å²) in [4.78, 5) is 0. The van der Waals surface area contributed by atoms with Crippen molar-refractivity contribution in [2.75, 3.05) is 19.9 Å². The number of rotatable bonds is 8. The van der Waals surface area contributed by atoms with E-state index in [4.69, 9.17) is 21.1 Å². The van der Waals surface area contributed by atoms with Gasteiger partial charge in [-0.15, -0.1) is 0 Å². The minimum Gasteiger partial charge on any atom is -0.466 e. The molecule has 0 aliphatic heterocycles. The van der Waals surface area contributed by atoms with Crippen LogP contribution in [-0.2, 0) is 4.74 Å². The van der Waals surface area contributed by atoms with Gasteiger partial charge in [-0.05, 0) is 49.9 Å². The molecule has 4 heteroatoms. The minimum absolute atomic E-state index is 0.276. The van der Waals surface area contributed by atoms with Crippen molar-refractivity contribution < 1.29 is 9.47 Å². The Labute approximate surface area is 120 Å². The zero-order valence-corrected chi connectivity index (χ0v) is 12.4. The third kappa shape index (κ3) is 4.68. The first-order valence-electron chi connectivity index (χ1n) is 6.94. The van der Waals surface area contributed by atoms with Crippen LogP contribution >= 0.6 is 11.6 Å². The van der Waals surface area contributed by atoms with Gasteiger partial charge in [0.25, 0.3) is 0 Å². The molecule has 1 saturated carbocycles. The topological polar surface area (TPSA) is 30.5 Å². The van der Waals surface area contributed by atoms with Gasteiger partial charge in [0.05, 0.1) is 11.6 Å². The minimum atomic E-state index is 0.276. The fourth-order valence-electron chi connectivity index (χ4n) is 1.93. The van der Waals surface area contributed by atoms with Crippen LogP contribution in [0.2, 0.25) is 5.02 Å². The quantitative estimate of drug-likeness (QED) is 0.582. The number of benzene rings is 1. The summed E-state index contributed by atoms with van der Waals surface area (Å²) in [5.74, 6) is 1.44. The van der Waals surface area contributed by atoms with E-state index in [1.54, 1.807) is 0 Å². The largest absolute Gasteiger partial charge is 0.466 e. The summed E-state index contributed by atoms with van der Waals surface area (Å²) in [7, 11) is 0. The molecule has 1 N–H and O–H groups in total. The van der Waals surface area contributed by atoms with Crippen molar-refractivity contribution in [1.29, 1.82) is 0 Å². The second-order valence-electron chi connectivity index (χ2n) is 5.05. The molecule has 0 bridgehead atoms. The van der Waals surface area contributed by atoms with Crippen molar-refractivity contribution in [2.45, 2.75) is 32.7 Å². The van der Waals surface area contributed by atoms with Crippen molar-refractivity contribution in [3.8, 4) is 5.75 Å². The summed E-state index contributed by atoms with van der Waals surface area (Å²) >= 11 is 6.22. The van der Waals surface area contributed by atoms with Crippen molar-refractivity contribution in [2.24, 2.45) is 5.92 Å². The molecule has 0 saturated heterocycles. The SMILES string of the molecule is CCNC(C)c1ccc(OCOCC2CC2)c(Cl)c1. The third-order valence-electron chi connectivity index (χ3n) is 3.31. The predicted octanol–water partition coefficient (Wildman–Crippen LogP) is 3.77. The zero-order chi connectivity index (χ0) is 13.7. The molecule has 1 unspecified atom stereocenters. The lowest BCUT2D eigenvalue weighted by molar-refractivity contribution is 0.0100. The molecule has 1 aromatic carbocycles. The summed E-state index contributed by atoms with van der Waals surface area (Å²) in [5, 5.41) is 3.99. The van der Waals surface area contributed by atoms with E-state index in [0.29, 0.717) is 16.8 Å². The van der Waals surface area contributed by atoms with Crippen LogP contribution in [0, 0.1) is 5.92 Å². The molecule has 1 aromatic rings. The normalized spacial score (nSPS) is 16.4. The summed E-state index contributed by atoms with van der Waals surface area (Å²) in [6, 6.07) is 6.19. The Morgan fingerprint density at radius 2 is 2.21 bits per heavy atom. The maximum absolute atomic E-state index is 6.22. The molecule has 1 aliphatic rings.